The van der Waals surface area contributed by atoms with Gasteiger partial charge in [-0.3, -0.25) is 19.0 Å². The number of ether oxygens (including phenoxy) is 1. The topological polar surface area (TPSA) is 110 Å². The standard InChI is InChI=1S/C18H16ClN3O5S2/c1-2-27-13(24)8-20-12(23)5-6-22-17(26)15(29-18(22)28)14-10-7-9(19)3-4-11(10)21-16(14)25/h3-4,7,26H,2,5-6,8H2,1H3,(H,20,23). The van der Waals surface area contributed by atoms with Gasteiger partial charge in [-0.2, -0.15) is 0 Å². The molecule has 0 fully saturated rings. The van der Waals surface area contributed by atoms with Crippen LogP contribution in [0.5, 0.6) is 5.88 Å². The fraction of sp³-hybridized carbons (Fsp3) is 0.278. The van der Waals surface area contributed by atoms with Crippen LogP contribution < -0.4 is 15.9 Å². The Kier molecular flexibility index (Phi) is 6.46. The van der Waals surface area contributed by atoms with Crippen molar-refractivity contribution in [1.29, 1.82) is 0 Å². The fourth-order valence-electron chi connectivity index (χ4n) is 2.75. The molecule has 0 saturated heterocycles. The van der Waals surface area contributed by atoms with Gasteiger partial charge in [-0.1, -0.05) is 11.6 Å². The second-order valence-corrected chi connectivity index (χ2v) is 8.04. The molecule has 0 aliphatic carbocycles. The zero-order valence-electron chi connectivity index (χ0n) is 15.2. The summed E-state index contributed by atoms with van der Waals surface area (Å²) in [6.45, 7) is 1.75. The summed E-state index contributed by atoms with van der Waals surface area (Å²) in [7, 11) is 0. The minimum absolute atomic E-state index is 0.0203. The molecule has 8 nitrogen and oxygen atoms in total. The van der Waals surface area contributed by atoms with E-state index < -0.39 is 17.8 Å². The van der Waals surface area contributed by atoms with Crippen molar-refractivity contribution < 1.29 is 24.2 Å². The van der Waals surface area contributed by atoms with Gasteiger partial charge in [0, 0.05) is 23.2 Å². The molecule has 1 aromatic carbocycles. The van der Waals surface area contributed by atoms with Crippen LogP contribution in [0, 0.1) is 3.95 Å². The van der Waals surface area contributed by atoms with Gasteiger partial charge in [-0.25, -0.2) is 4.99 Å². The Hall–Kier alpha value is -2.56. The Labute approximate surface area is 179 Å². The number of hydrogen-bond acceptors (Lipinski definition) is 7. The summed E-state index contributed by atoms with van der Waals surface area (Å²) in [6.07, 6.45) is -0.0203. The van der Waals surface area contributed by atoms with Crippen LogP contribution in [-0.4, -0.2) is 40.6 Å². The lowest BCUT2D eigenvalue weighted by Crippen LogP contribution is -2.31. The number of benzene rings is 1. The second kappa shape index (κ2) is 8.85. The first-order valence-electron chi connectivity index (χ1n) is 8.60. The van der Waals surface area contributed by atoms with Gasteiger partial charge in [-0.05, 0) is 37.3 Å². The van der Waals surface area contributed by atoms with E-state index >= 15 is 0 Å². The van der Waals surface area contributed by atoms with Gasteiger partial charge in [0.2, 0.25) is 11.8 Å². The maximum absolute atomic E-state index is 12.4. The molecule has 0 radical (unpaired) electrons. The predicted octanol–water partition coefficient (Wildman–Crippen LogP) is 1.07. The maximum Gasteiger partial charge on any atom is 0.325 e. The highest BCUT2D eigenvalue weighted by molar-refractivity contribution is 7.73. The average molecular weight is 454 g/mol. The smallest absolute Gasteiger partial charge is 0.325 e. The van der Waals surface area contributed by atoms with Crippen molar-refractivity contribution in [3.63, 3.8) is 0 Å². The molecule has 1 aliphatic rings. The Morgan fingerprint density at radius 3 is 2.90 bits per heavy atom. The normalized spacial score (nSPS) is 12.5. The van der Waals surface area contributed by atoms with E-state index in [9.17, 15) is 19.5 Å². The number of fused-ring (bicyclic) bond motifs is 1. The Morgan fingerprint density at radius 2 is 2.17 bits per heavy atom. The summed E-state index contributed by atoms with van der Waals surface area (Å²) < 4.78 is 6.39. The van der Waals surface area contributed by atoms with E-state index in [1.807, 2.05) is 0 Å². The first-order valence-corrected chi connectivity index (χ1v) is 10.2. The van der Waals surface area contributed by atoms with E-state index in [-0.39, 0.29) is 42.4 Å². The molecule has 1 aliphatic heterocycles. The van der Waals surface area contributed by atoms with Crippen molar-refractivity contribution in [2.45, 2.75) is 19.9 Å². The molecule has 0 spiro atoms. The van der Waals surface area contributed by atoms with Crippen LogP contribution in [0.4, 0.5) is 0 Å². The van der Waals surface area contributed by atoms with Gasteiger partial charge in [0.1, 0.15) is 11.4 Å². The molecule has 0 saturated carbocycles. The molecule has 0 unspecified atom stereocenters. The van der Waals surface area contributed by atoms with Crippen LogP contribution in [0.1, 0.15) is 18.2 Å². The number of aromatic hydroxyl groups is 1. The number of aromatic nitrogens is 1. The van der Waals surface area contributed by atoms with E-state index in [1.54, 1.807) is 25.1 Å². The Bertz CT molecular complexity index is 1190. The molecule has 11 heteroatoms. The number of thiazole rings is 1. The summed E-state index contributed by atoms with van der Waals surface area (Å²) >= 11 is 12.4. The van der Waals surface area contributed by atoms with Crippen molar-refractivity contribution >= 4 is 58.5 Å². The van der Waals surface area contributed by atoms with Crippen LogP contribution in [0.15, 0.2) is 23.2 Å². The Balaban J connectivity index is 1.82. The first-order chi connectivity index (χ1) is 13.8. The molecular formula is C18H16ClN3O5S2. The van der Waals surface area contributed by atoms with E-state index in [2.05, 4.69) is 10.3 Å². The van der Waals surface area contributed by atoms with Crippen molar-refractivity contribution in [2.24, 2.45) is 4.99 Å². The van der Waals surface area contributed by atoms with E-state index in [1.165, 1.54) is 4.57 Å². The summed E-state index contributed by atoms with van der Waals surface area (Å²) in [4.78, 5) is 39.8. The lowest BCUT2D eigenvalue weighted by atomic mass is 10.1. The number of hydrogen-bond donors (Lipinski definition) is 2. The van der Waals surface area contributed by atoms with Crippen LogP contribution in [0.25, 0.3) is 5.57 Å². The molecule has 2 aromatic rings. The van der Waals surface area contributed by atoms with Gasteiger partial charge in [0.25, 0.3) is 5.91 Å². The summed E-state index contributed by atoms with van der Waals surface area (Å²) in [5.74, 6) is -1.64. The molecule has 0 bridgehead atoms. The quantitative estimate of drug-likeness (QED) is 0.479. The summed E-state index contributed by atoms with van der Waals surface area (Å²) in [6, 6.07) is 4.86. The number of nitrogens with zero attached hydrogens (tertiary/aromatic N) is 2. The molecule has 2 N–H and O–H groups in total. The number of carbonyl (C=O) groups excluding carboxylic acids is 3. The Morgan fingerprint density at radius 1 is 1.41 bits per heavy atom. The van der Waals surface area contributed by atoms with Crippen molar-refractivity contribution in [2.75, 3.05) is 13.2 Å². The largest absolute Gasteiger partial charge is 0.493 e. The van der Waals surface area contributed by atoms with E-state index in [0.717, 1.165) is 11.3 Å². The molecule has 29 heavy (non-hydrogen) atoms. The fourth-order valence-corrected chi connectivity index (χ4v) is 4.31. The third-order valence-electron chi connectivity index (χ3n) is 4.06. The lowest BCUT2D eigenvalue weighted by molar-refractivity contribution is -0.143. The van der Waals surface area contributed by atoms with Crippen molar-refractivity contribution in [3.05, 3.63) is 42.6 Å². The minimum atomic E-state index is -0.532. The first kappa shape index (κ1) is 21.2. The monoisotopic (exact) mass is 453 g/mol. The number of carbonyl (C=O) groups is 3. The van der Waals surface area contributed by atoms with Gasteiger partial charge in [0.15, 0.2) is 3.95 Å². The van der Waals surface area contributed by atoms with Gasteiger partial charge in [-0.15, -0.1) is 11.3 Å². The zero-order chi connectivity index (χ0) is 21.1. The van der Waals surface area contributed by atoms with Gasteiger partial charge < -0.3 is 15.2 Å². The number of rotatable bonds is 7. The predicted molar refractivity (Wildman–Crippen MR) is 109 cm³/mol. The molecule has 0 atom stereocenters. The minimum Gasteiger partial charge on any atom is -0.493 e. The van der Waals surface area contributed by atoms with Crippen molar-refractivity contribution in [3.8, 4) is 5.88 Å². The highest BCUT2D eigenvalue weighted by atomic mass is 35.5. The molecule has 152 valence electrons. The average Bonchev–Trinajstić information content (AvgIpc) is 3.13. The highest BCUT2D eigenvalue weighted by Gasteiger charge is 2.25. The van der Waals surface area contributed by atoms with E-state index in [4.69, 9.17) is 28.6 Å². The van der Waals surface area contributed by atoms with E-state index in [0.29, 0.717) is 19.6 Å². The van der Waals surface area contributed by atoms with Crippen LogP contribution in [0.3, 0.4) is 0 Å². The number of amides is 2. The lowest BCUT2D eigenvalue weighted by Gasteiger charge is -2.07. The zero-order valence-corrected chi connectivity index (χ0v) is 17.6. The third-order valence-corrected chi connectivity index (χ3v) is 5.75. The number of esters is 1. The molecule has 3 rings (SSSR count). The number of halogens is 1. The van der Waals surface area contributed by atoms with Gasteiger partial charge in [0.05, 0.1) is 17.5 Å². The molecule has 1 aromatic heterocycles. The highest BCUT2D eigenvalue weighted by Crippen LogP contribution is 2.32. The van der Waals surface area contributed by atoms with Crippen LogP contribution >= 0.6 is 35.2 Å². The maximum atomic E-state index is 12.4. The molecular weight excluding hydrogens is 438 g/mol. The number of nitrogens with one attached hydrogen (secondary N) is 1. The molecule has 2 heterocycles. The third kappa shape index (κ3) is 4.55. The van der Waals surface area contributed by atoms with Crippen LogP contribution in [-0.2, 0) is 25.7 Å². The summed E-state index contributed by atoms with van der Waals surface area (Å²) in [5.41, 5.74) is 0.224. The van der Waals surface area contributed by atoms with Crippen molar-refractivity contribution in [1.82, 2.24) is 9.88 Å². The second-order valence-electron chi connectivity index (χ2n) is 5.96. The SMILES string of the molecule is CCOC(=O)CNC(=O)CCn1c(O)c(C2=c3cc(Cl)ccc3=NC2=O)sc1=S. The van der Waals surface area contributed by atoms with Crippen LogP contribution in [0.2, 0.25) is 5.02 Å². The molecule has 2 amide bonds. The van der Waals surface area contributed by atoms with Gasteiger partial charge >= 0.3 is 5.97 Å². The summed E-state index contributed by atoms with van der Waals surface area (Å²) in [5, 5.41) is 14.5.